The van der Waals surface area contributed by atoms with Crippen LogP contribution in [0.2, 0.25) is 0 Å². The summed E-state index contributed by atoms with van der Waals surface area (Å²) in [6.07, 6.45) is 78.4. The summed E-state index contributed by atoms with van der Waals surface area (Å²) >= 11 is 0. The number of unbranched alkanes of at least 4 members (excludes halogenated alkanes) is 41. The molecule has 432 valence electrons. The van der Waals surface area contributed by atoms with Crippen molar-refractivity contribution in [3.05, 3.63) is 48.6 Å². The van der Waals surface area contributed by atoms with Crippen LogP contribution >= 0.6 is 0 Å². The van der Waals surface area contributed by atoms with Crippen LogP contribution in [0.5, 0.6) is 0 Å². The van der Waals surface area contributed by atoms with Gasteiger partial charge in [-0.1, -0.05) is 301 Å². The van der Waals surface area contributed by atoms with Gasteiger partial charge in [-0.2, -0.15) is 0 Å². The Morgan fingerprint density at radius 2 is 0.514 bits per heavy atom. The first-order valence-electron chi connectivity index (χ1n) is 32.6. The van der Waals surface area contributed by atoms with Crippen LogP contribution in [0.3, 0.4) is 0 Å². The molecule has 0 aromatic heterocycles. The number of allylic oxidation sites excluding steroid dienone is 8. The van der Waals surface area contributed by atoms with Gasteiger partial charge in [0.1, 0.15) is 13.2 Å². The van der Waals surface area contributed by atoms with Crippen LogP contribution in [-0.2, 0) is 28.6 Å². The molecule has 0 saturated carbocycles. The Balaban J connectivity index is 4.26. The van der Waals surface area contributed by atoms with E-state index in [1.165, 1.54) is 218 Å². The maximum Gasteiger partial charge on any atom is 0.306 e. The van der Waals surface area contributed by atoms with Gasteiger partial charge in [-0.25, -0.2) is 0 Å². The van der Waals surface area contributed by atoms with E-state index in [9.17, 15) is 14.4 Å². The fourth-order valence-corrected chi connectivity index (χ4v) is 9.63. The Kier molecular flexibility index (Phi) is 60.7. The molecule has 0 spiro atoms. The SMILES string of the molecule is CCC/C=C\C/C=C\CCCCCCCC(=O)OCC(COC(=O)CCCCCCCCCCCCCCCCCCCCCCCCCC)OC(=O)CCCCCCCCCCC/C=C\C/C=C\CCCCC. The highest BCUT2D eigenvalue weighted by molar-refractivity contribution is 5.71. The summed E-state index contributed by atoms with van der Waals surface area (Å²) in [6, 6.07) is 0. The second-order valence-electron chi connectivity index (χ2n) is 22.0. The van der Waals surface area contributed by atoms with Gasteiger partial charge in [0.25, 0.3) is 0 Å². The van der Waals surface area contributed by atoms with E-state index in [0.29, 0.717) is 19.3 Å². The smallest absolute Gasteiger partial charge is 0.306 e. The molecule has 6 heteroatoms. The molecule has 0 N–H and O–H groups in total. The Labute approximate surface area is 460 Å². The first-order chi connectivity index (χ1) is 36.5. The summed E-state index contributed by atoms with van der Waals surface area (Å²) in [7, 11) is 0. The number of carbonyl (C=O) groups excluding carboxylic acids is 3. The van der Waals surface area contributed by atoms with Crippen molar-refractivity contribution >= 4 is 17.9 Å². The van der Waals surface area contributed by atoms with E-state index in [0.717, 1.165) is 89.9 Å². The number of rotatable bonds is 60. The summed E-state index contributed by atoms with van der Waals surface area (Å²) < 4.78 is 16.9. The van der Waals surface area contributed by atoms with Gasteiger partial charge in [-0.05, 0) is 77.0 Å². The van der Waals surface area contributed by atoms with E-state index >= 15 is 0 Å². The van der Waals surface area contributed by atoms with E-state index in [-0.39, 0.29) is 31.1 Å². The number of carbonyl (C=O) groups is 3. The molecule has 0 heterocycles. The number of esters is 3. The molecule has 0 amide bonds. The third kappa shape index (κ3) is 60.2. The van der Waals surface area contributed by atoms with Crippen LogP contribution in [0, 0.1) is 0 Å². The highest BCUT2D eigenvalue weighted by atomic mass is 16.6. The van der Waals surface area contributed by atoms with E-state index in [2.05, 4.69) is 69.4 Å². The van der Waals surface area contributed by atoms with Crippen molar-refractivity contribution in [3.63, 3.8) is 0 Å². The van der Waals surface area contributed by atoms with Crippen LogP contribution in [0.4, 0.5) is 0 Å². The maximum atomic E-state index is 12.9. The van der Waals surface area contributed by atoms with Gasteiger partial charge >= 0.3 is 17.9 Å². The third-order valence-corrected chi connectivity index (χ3v) is 14.5. The summed E-state index contributed by atoms with van der Waals surface area (Å²) in [5, 5.41) is 0. The van der Waals surface area contributed by atoms with Gasteiger partial charge in [-0.15, -0.1) is 0 Å². The van der Waals surface area contributed by atoms with Crippen molar-refractivity contribution < 1.29 is 28.6 Å². The lowest BCUT2D eigenvalue weighted by Crippen LogP contribution is -2.30. The maximum absolute atomic E-state index is 12.9. The van der Waals surface area contributed by atoms with Gasteiger partial charge in [0.05, 0.1) is 0 Å². The molecular weight excluding hydrogens is 913 g/mol. The summed E-state index contributed by atoms with van der Waals surface area (Å²) in [4.78, 5) is 38.3. The normalized spacial score (nSPS) is 12.3. The fraction of sp³-hybridized carbons (Fsp3) is 0.838. The van der Waals surface area contributed by atoms with Gasteiger partial charge in [0, 0.05) is 19.3 Å². The van der Waals surface area contributed by atoms with Gasteiger partial charge in [0.2, 0.25) is 0 Å². The molecule has 0 radical (unpaired) electrons. The molecule has 1 atom stereocenters. The minimum Gasteiger partial charge on any atom is -0.462 e. The molecule has 0 aliphatic carbocycles. The standard InChI is InChI=1S/C68H124O6/c1-4-7-10-13-16-19-22-25-27-29-31-32-33-34-35-37-38-40-43-46-49-52-55-58-61-67(70)73-64-65(63-72-66(69)60-57-54-51-48-45-42-24-21-18-15-12-9-6-3)74-68(71)62-59-56-53-50-47-44-41-39-36-30-28-26-23-20-17-14-11-8-5-2/h12,15,17,20-21,24,26,28,65H,4-11,13-14,16,18-19,22-23,25,27,29-64H2,1-3H3/b15-12-,20-17-,24-21-,28-26-. The molecule has 1 unspecified atom stereocenters. The lowest BCUT2D eigenvalue weighted by Gasteiger charge is -2.18. The molecule has 74 heavy (non-hydrogen) atoms. The number of ether oxygens (including phenoxy) is 3. The minimum atomic E-state index is -0.780. The van der Waals surface area contributed by atoms with Crippen LogP contribution in [0.15, 0.2) is 48.6 Å². The van der Waals surface area contributed by atoms with E-state index < -0.39 is 6.10 Å². The first-order valence-corrected chi connectivity index (χ1v) is 32.6. The molecule has 0 aliphatic heterocycles. The van der Waals surface area contributed by atoms with E-state index in [4.69, 9.17) is 14.2 Å². The molecule has 0 aromatic rings. The minimum absolute atomic E-state index is 0.0758. The first kappa shape index (κ1) is 71.4. The predicted octanol–water partition coefficient (Wildman–Crippen LogP) is 22.2. The number of hydrogen-bond donors (Lipinski definition) is 0. The second-order valence-corrected chi connectivity index (χ2v) is 22.0. The number of hydrogen-bond acceptors (Lipinski definition) is 6. The van der Waals surface area contributed by atoms with E-state index in [1.807, 2.05) is 0 Å². The zero-order chi connectivity index (χ0) is 53.6. The third-order valence-electron chi connectivity index (χ3n) is 14.5. The molecule has 0 bridgehead atoms. The van der Waals surface area contributed by atoms with Crippen LogP contribution < -0.4 is 0 Å². The highest BCUT2D eigenvalue weighted by Crippen LogP contribution is 2.18. The van der Waals surface area contributed by atoms with Gasteiger partial charge in [0.15, 0.2) is 6.10 Å². The van der Waals surface area contributed by atoms with Crippen molar-refractivity contribution in [2.45, 2.75) is 354 Å². The van der Waals surface area contributed by atoms with Crippen molar-refractivity contribution in [1.82, 2.24) is 0 Å². The Morgan fingerprint density at radius 1 is 0.270 bits per heavy atom. The monoisotopic (exact) mass is 1040 g/mol. The molecular formula is C68H124O6. The van der Waals surface area contributed by atoms with Crippen LogP contribution in [0.25, 0.3) is 0 Å². The second kappa shape index (κ2) is 62.9. The molecule has 6 nitrogen and oxygen atoms in total. The lowest BCUT2D eigenvalue weighted by molar-refractivity contribution is -0.167. The molecule has 0 fully saturated rings. The summed E-state index contributed by atoms with van der Waals surface area (Å²) in [5.41, 5.74) is 0. The average molecular weight is 1040 g/mol. The van der Waals surface area contributed by atoms with Crippen molar-refractivity contribution in [2.24, 2.45) is 0 Å². The van der Waals surface area contributed by atoms with Crippen LogP contribution in [0.1, 0.15) is 348 Å². The zero-order valence-corrected chi connectivity index (χ0v) is 49.6. The summed E-state index contributed by atoms with van der Waals surface area (Å²) in [6.45, 7) is 6.59. The molecule has 0 aromatic carbocycles. The average Bonchev–Trinajstić information content (AvgIpc) is 3.40. The fourth-order valence-electron chi connectivity index (χ4n) is 9.63. The van der Waals surface area contributed by atoms with Crippen molar-refractivity contribution in [1.29, 1.82) is 0 Å². The Hall–Kier alpha value is -2.63. The van der Waals surface area contributed by atoms with Crippen molar-refractivity contribution in [3.8, 4) is 0 Å². The topological polar surface area (TPSA) is 78.9 Å². The predicted molar refractivity (Wildman–Crippen MR) is 321 cm³/mol. The Morgan fingerprint density at radius 3 is 0.824 bits per heavy atom. The van der Waals surface area contributed by atoms with Gasteiger partial charge < -0.3 is 14.2 Å². The largest absolute Gasteiger partial charge is 0.462 e. The van der Waals surface area contributed by atoms with Crippen molar-refractivity contribution in [2.75, 3.05) is 13.2 Å². The quantitative estimate of drug-likeness (QED) is 0.0261. The zero-order valence-electron chi connectivity index (χ0n) is 49.6. The molecule has 0 rings (SSSR count). The summed E-state index contributed by atoms with van der Waals surface area (Å²) in [5.74, 6) is -0.874. The van der Waals surface area contributed by atoms with E-state index in [1.54, 1.807) is 0 Å². The molecule has 0 saturated heterocycles. The van der Waals surface area contributed by atoms with Gasteiger partial charge in [-0.3, -0.25) is 14.4 Å². The Bertz CT molecular complexity index is 1280. The van der Waals surface area contributed by atoms with Crippen LogP contribution in [-0.4, -0.2) is 37.2 Å². The molecule has 0 aliphatic rings. The highest BCUT2D eigenvalue weighted by Gasteiger charge is 2.19. The lowest BCUT2D eigenvalue weighted by atomic mass is 10.0.